The SMILES string of the molecule is Nc1cc(NC(CO)c2ccccc2)cc(S(N)(=O)=O)c1. The van der Waals surface area contributed by atoms with Crippen molar-refractivity contribution < 1.29 is 13.5 Å². The fourth-order valence-corrected chi connectivity index (χ4v) is 2.58. The van der Waals surface area contributed by atoms with Crippen LogP contribution in [-0.4, -0.2) is 20.1 Å². The summed E-state index contributed by atoms with van der Waals surface area (Å²) in [6.45, 7) is -0.149. The molecule has 0 spiro atoms. The molecule has 112 valence electrons. The number of anilines is 2. The second-order valence-electron chi connectivity index (χ2n) is 4.63. The molecule has 1 unspecified atom stereocenters. The summed E-state index contributed by atoms with van der Waals surface area (Å²) >= 11 is 0. The van der Waals surface area contributed by atoms with E-state index in [9.17, 15) is 13.5 Å². The third-order valence-corrected chi connectivity index (χ3v) is 3.88. The minimum atomic E-state index is -3.84. The lowest BCUT2D eigenvalue weighted by molar-refractivity contribution is 0.276. The molecule has 0 saturated carbocycles. The van der Waals surface area contributed by atoms with E-state index >= 15 is 0 Å². The molecule has 7 heteroatoms. The minimum Gasteiger partial charge on any atom is -0.399 e. The van der Waals surface area contributed by atoms with Gasteiger partial charge in [0, 0.05) is 11.4 Å². The van der Waals surface area contributed by atoms with Crippen LogP contribution in [0.25, 0.3) is 0 Å². The Morgan fingerprint density at radius 1 is 1.14 bits per heavy atom. The zero-order chi connectivity index (χ0) is 15.5. The van der Waals surface area contributed by atoms with Crippen LogP contribution in [-0.2, 0) is 10.0 Å². The van der Waals surface area contributed by atoms with Gasteiger partial charge in [-0.3, -0.25) is 0 Å². The Morgan fingerprint density at radius 2 is 1.81 bits per heavy atom. The smallest absolute Gasteiger partial charge is 0.238 e. The Bertz CT molecular complexity index is 717. The highest BCUT2D eigenvalue weighted by Gasteiger charge is 2.13. The summed E-state index contributed by atoms with van der Waals surface area (Å²) in [7, 11) is -3.84. The molecule has 0 saturated heterocycles. The molecule has 6 N–H and O–H groups in total. The maximum absolute atomic E-state index is 11.4. The van der Waals surface area contributed by atoms with Crippen molar-refractivity contribution in [1.82, 2.24) is 0 Å². The molecule has 0 bridgehead atoms. The van der Waals surface area contributed by atoms with Crippen molar-refractivity contribution in [2.45, 2.75) is 10.9 Å². The monoisotopic (exact) mass is 307 g/mol. The number of benzene rings is 2. The lowest BCUT2D eigenvalue weighted by Crippen LogP contribution is -2.16. The lowest BCUT2D eigenvalue weighted by Gasteiger charge is -2.19. The van der Waals surface area contributed by atoms with E-state index in [0.29, 0.717) is 5.69 Å². The van der Waals surface area contributed by atoms with Gasteiger partial charge in [-0.15, -0.1) is 0 Å². The first-order chi connectivity index (χ1) is 9.90. The zero-order valence-electron chi connectivity index (χ0n) is 11.2. The van der Waals surface area contributed by atoms with Gasteiger partial charge in [-0.25, -0.2) is 13.6 Å². The van der Waals surface area contributed by atoms with Crippen molar-refractivity contribution in [2.75, 3.05) is 17.7 Å². The molecule has 6 nitrogen and oxygen atoms in total. The molecule has 21 heavy (non-hydrogen) atoms. The molecule has 0 radical (unpaired) electrons. The standard InChI is InChI=1S/C14H17N3O3S/c15-11-6-12(8-13(7-11)21(16,19)20)17-14(9-18)10-4-2-1-3-5-10/h1-8,14,17-18H,9,15H2,(H2,16,19,20). The first-order valence-electron chi connectivity index (χ1n) is 6.26. The van der Waals surface area contributed by atoms with E-state index in [1.165, 1.54) is 12.1 Å². The van der Waals surface area contributed by atoms with Crippen LogP contribution in [0.15, 0.2) is 53.4 Å². The maximum Gasteiger partial charge on any atom is 0.238 e. The molecule has 0 fully saturated rings. The number of sulfonamides is 1. The van der Waals surface area contributed by atoms with Crippen LogP contribution < -0.4 is 16.2 Å². The molecule has 1 atom stereocenters. The highest BCUT2D eigenvalue weighted by Crippen LogP contribution is 2.24. The molecule has 0 heterocycles. The molecule has 0 aliphatic rings. The first kappa shape index (κ1) is 15.3. The van der Waals surface area contributed by atoms with Gasteiger partial charge in [-0.05, 0) is 23.8 Å². The number of nitrogen functional groups attached to an aromatic ring is 1. The minimum absolute atomic E-state index is 0.0743. The van der Waals surface area contributed by atoms with Gasteiger partial charge in [-0.1, -0.05) is 30.3 Å². The van der Waals surface area contributed by atoms with Crippen LogP contribution in [0.4, 0.5) is 11.4 Å². The molecule has 2 aromatic rings. The number of hydrogen-bond donors (Lipinski definition) is 4. The normalized spacial score (nSPS) is 12.9. The van der Waals surface area contributed by atoms with Crippen molar-refractivity contribution in [2.24, 2.45) is 5.14 Å². The van der Waals surface area contributed by atoms with Crippen LogP contribution >= 0.6 is 0 Å². The van der Waals surface area contributed by atoms with Crippen molar-refractivity contribution in [3.8, 4) is 0 Å². The molecule has 0 aromatic heterocycles. The number of nitrogens with two attached hydrogens (primary N) is 2. The summed E-state index contributed by atoms with van der Waals surface area (Å²) in [5, 5.41) is 17.7. The molecule has 0 amide bonds. The highest BCUT2D eigenvalue weighted by molar-refractivity contribution is 7.89. The molecular formula is C14H17N3O3S. The van der Waals surface area contributed by atoms with Crippen LogP contribution in [0.5, 0.6) is 0 Å². The third-order valence-electron chi connectivity index (χ3n) is 2.98. The fraction of sp³-hybridized carbons (Fsp3) is 0.143. The van der Waals surface area contributed by atoms with Gasteiger partial charge in [0.05, 0.1) is 17.5 Å². The van der Waals surface area contributed by atoms with Gasteiger partial charge < -0.3 is 16.2 Å². The second kappa shape index (κ2) is 6.13. The van der Waals surface area contributed by atoms with Gasteiger partial charge in [0.25, 0.3) is 0 Å². The number of primary sulfonamides is 1. The highest BCUT2D eigenvalue weighted by atomic mass is 32.2. The summed E-state index contributed by atoms with van der Waals surface area (Å²) in [4.78, 5) is -0.0743. The van der Waals surface area contributed by atoms with E-state index in [1.807, 2.05) is 30.3 Å². The lowest BCUT2D eigenvalue weighted by atomic mass is 10.1. The van der Waals surface area contributed by atoms with E-state index in [1.54, 1.807) is 6.07 Å². The molecule has 0 aliphatic heterocycles. The van der Waals surface area contributed by atoms with Crippen molar-refractivity contribution in [1.29, 1.82) is 0 Å². The Balaban J connectivity index is 2.32. The topological polar surface area (TPSA) is 118 Å². The Labute approximate surface area is 123 Å². The third kappa shape index (κ3) is 3.94. The molecular weight excluding hydrogens is 290 g/mol. The maximum atomic E-state index is 11.4. The predicted molar refractivity (Wildman–Crippen MR) is 82.1 cm³/mol. The largest absolute Gasteiger partial charge is 0.399 e. The quantitative estimate of drug-likeness (QED) is 0.616. The van der Waals surface area contributed by atoms with E-state index in [4.69, 9.17) is 10.9 Å². The summed E-state index contributed by atoms with van der Waals surface area (Å²) in [6.07, 6.45) is 0. The number of rotatable bonds is 5. The summed E-state index contributed by atoms with van der Waals surface area (Å²) in [5.74, 6) is 0. The Morgan fingerprint density at radius 3 is 2.38 bits per heavy atom. The van der Waals surface area contributed by atoms with Crippen molar-refractivity contribution >= 4 is 21.4 Å². The van der Waals surface area contributed by atoms with Crippen LogP contribution in [0.2, 0.25) is 0 Å². The number of nitrogens with one attached hydrogen (secondary N) is 1. The summed E-state index contributed by atoms with van der Waals surface area (Å²) in [5.41, 5.74) is 7.31. The molecule has 2 aromatic carbocycles. The van der Waals surface area contributed by atoms with E-state index in [2.05, 4.69) is 5.32 Å². The van der Waals surface area contributed by atoms with Gasteiger partial charge in [0.15, 0.2) is 0 Å². The van der Waals surface area contributed by atoms with E-state index in [-0.39, 0.29) is 23.2 Å². The summed E-state index contributed by atoms with van der Waals surface area (Å²) in [6, 6.07) is 13.2. The Hall–Kier alpha value is -2.09. The fourth-order valence-electron chi connectivity index (χ4n) is 1.99. The van der Waals surface area contributed by atoms with Gasteiger partial charge in [0.1, 0.15) is 0 Å². The Kier molecular flexibility index (Phi) is 4.46. The predicted octanol–water partition coefficient (Wildman–Crippen LogP) is 1.06. The van der Waals surface area contributed by atoms with Crippen molar-refractivity contribution in [3.63, 3.8) is 0 Å². The van der Waals surface area contributed by atoms with Crippen LogP contribution in [0.3, 0.4) is 0 Å². The first-order valence-corrected chi connectivity index (χ1v) is 7.80. The number of aliphatic hydroxyl groups excluding tert-OH is 1. The average Bonchev–Trinajstić information content (AvgIpc) is 2.44. The molecule has 2 rings (SSSR count). The molecule has 0 aliphatic carbocycles. The zero-order valence-corrected chi connectivity index (χ0v) is 12.0. The van der Waals surface area contributed by atoms with Gasteiger partial charge >= 0.3 is 0 Å². The average molecular weight is 307 g/mol. The van der Waals surface area contributed by atoms with E-state index < -0.39 is 10.0 Å². The number of hydrogen-bond acceptors (Lipinski definition) is 5. The van der Waals surface area contributed by atoms with Crippen LogP contribution in [0.1, 0.15) is 11.6 Å². The number of aliphatic hydroxyl groups is 1. The second-order valence-corrected chi connectivity index (χ2v) is 6.19. The van der Waals surface area contributed by atoms with Gasteiger partial charge in [0.2, 0.25) is 10.0 Å². The van der Waals surface area contributed by atoms with E-state index in [0.717, 1.165) is 5.56 Å². The van der Waals surface area contributed by atoms with Crippen LogP contribution in [0, 0.1) is 0 Å². The van der Waals surface area contributed by atoms with Crippen molar-refractivity contribution in [3.05, 3.63) is 54.1 Å². The summed E-state index contributed by atoms with van der Waals surface area (Å²) < 4.78 is 22.8. The van der Waals surface area contributed by atoms with Gasteiger partial charge in [-0.2, -0.15) is 0 Å².